The highest BCUT2D eigenvalue weighted by Crippen LogP contribution is 2.70. The first-order chi connectivity index (χ1) is 21.2. The number of halogens is 1. The number of aliphatic hydroxyl groups is 1. The molecule has 3 aromatic rings. The topological polar surface area (TPSA) is 235 Å². The lowest BCUT2D eigenvalue weighted by Gasteiger charge is -2.25. The third kappa shape index (κ3) is 9.16. The number of nitrogens with one attached hydrogen (secondary N) is 1. The zero-order chi connectivity index (χ0) is 33.0. The number of phosphoric ester groups is 1. The van der Waals surface area contributed by atoms with Crippen molar-refractivity contribution in [2.45, 2.75) is 44.4 Å². The summed E-state index contributed by atoms with van der Waals surface area (Å²) in [4.78, 5) is 24.5. The fraction of sp³-hybridized carbons (Fsp3) is 0.478. The highest BCUT2D eigenvalue weighted by atomic mass is 35.5. The summed E-state index contributed by atoms with van der Waals surface area (Å²) in [5, 5.41) is 12.8. The van der Waals surface area contributed by atoms with Gasteiger partial charge in [0.15, 0.2) is 11.5 Å². The van der Waals surface area contributed by atoms with Crippen LogP contribution in [0.1, 0.15) is 25.1 Å². The van der Waals surface area contributed by atoms with E-state index < -0.39 is 60.2 Å². The van der Waals surface area contributed by atoms with E-state index >= 15 is 0 Å². The molecular weight excluding hydrogens is 681 g/mol. The molecule has 0 spiro atoms. The zero-order valence-corrected chi connectivity index (χ0v) is 27.9. The predicted molar refractivity (Wildman–Crippen MR) is 159 cm³/mol. The molecule has 4 unspecified atom stereocenters. The number of aromatic nitrogens is 4. The Hall–Kier alpha value is -2.30. The first-order valence-electron chi connectivity index (χ1n) is 13.1. The second-order valence-corrected chi connectivity index (χ2v) is 16.0. The van der Waals surface area contributed by atoms with E-state index in [1.165, 1.54) is 17.8 Å². The van der Waals surface area contributed by atoms with Gasteiger partial charge < -0.3 is 20.3 Å². The number of benzene rings is 1. The van der Waals surface area contributed by atoms with Gasteiger partial charge in [-0.05, 0) is 24.1 Å². The van der Waals surface area contributed by atoms with Crippen LogP contribution in [0.4, 0.5) is 5.82 Å². The number of esters is 1. The number of imidazole rings is 1. The van der Waals surface area contributed by atoms with Crippen LogP contribution in [0, 0.1) is 0 Å². The van der Waals surface area contributed by atoms with E-state index in [4.69, 9.17) is 49.0 Å². The standard InChI is InChI=1S/C23H32ClN6O12P3/c1-14(22(32)38-11-15-8-6-5-7-9-15)29-43(4,33)41-45(35,37-3)42-44(34,36-2)39-12-17-16(31)10-18(40-17)30-13-26-19-20(25)27-23(24)28-21(19)30/h5-9,13-14,16-18,31H,10-12H2,1-4H3,(H,29,33)(H2,25,27,28)/t14-,16?,17+,18+,43?,44?,45?/m0/s1. The number of nitrogen functional groups attached to an aromatic ring is 1. The first kappa shape index (κ1) is 35.6. The summed E-state index contributed by atoms with van der Waals surface area (Å²) in [5.74, 6) is -0.728. The van der Waals surface area contributed by atoms with Gasteiger partial charge in [0.1, 0.15) is 30.5 Å². The number of aliphatic hydroxyl groups excluding tert-OH is 1. The van der Waals surface area contributed by atoms with E-state index in [9.17, 15) is 23.6 Å². The number of ether oxygens (including phenoxy) is 2. The van der Waals surface area contributed by atoms with E-state index in [1.807, 2.05) is 0 Å². The molecule has 1 aliphatic heterocycles. The fourth-order valence-electron chi connectivity index (χ4n) is 4.11. The molecule has 22 heteroatoms. The molecule has 0 bridgehead atoms. The molecule has 4 N–H and O–H groups in total. The highest BCUT2D eigenvalue weighted by Gasteiger charge is 2.45. The molecule has 18 nitrogen and oxygen atoms in total. The molecule has 2 aromatic heterocycles. The quantitative estimate of drug-likeness (QED) is 0.115. The first-order valence-corrected chi connectivity index (χ1v) is 18.5. The SMILES string of the molecule is COP(=O)(OC[C@H]1O[C@@H](n2cnc3c(N)nc(Cl)nc32)CC1O)OP(=O)(OC)OP(C)(=O)N[C@@H](C)C(=O)OCc1ccccc1. The summed E-state index contributed by atoms with van der Waals surface area (Å²) in [5.41, 5.74) is 7.09. The Labute approximate surface area is 262 Å². The minimum Gasteiger partial charge on any atom is -0.460 e. The van der Waals surface area contributed by atoms with Crippen molar-refractivity contribution in [1.82, 2.24) is 24.6 Å². The smallest absolute Gasteiger partial charge is 0.460 e. The van der Waals surface area contributed by atoms with E-state index in [0.717, 1.165) is 26.4 Å². The number of carbonyl (C=O) groups is 1. The number of fused-ring (bicyclic) bond motifs is 1. The van der Waals surface area contributed by atoms with E-state index in [1.54, 1.807) is 30.3 Å². The van der Waals surface area contributed by atoms with E-state index in [-0.39, 0.29) is 35.3 Å². The second-order valence-electron chi connectivity index (χ2n) is 9.64. The molecular formula is C23H32ClN6O12P3. The monoisotopic (exact) mass is 712 g/mol. The van der Waals surface area contributed by atoms with Gasteiger partial charge in [-0.15, -0.1) is 0 Å². The average Bonchev–Trinajstić information content (AvgIpc) is 3.57. The molecule has 0 saturated carbocycles. The van der Waals surface area contributed by atoms with Gasteiger partial charge in [-0.3, -0.25) is 27.5 Å². The van der Waals surface area contributed by atoms with Gasteiger partial charge in [0, 0.05) is 27.3 Å². The summed E-state index contributed by atoms with van der Waals surface area (Å²) >= 11 is 5.91. The van der Waals surface area contributed by atoms with Gasteiger partial charge in [-0.1, -0.05) is 30.3 Å². The van der Waals surface area contributed by atoms with E-state index in [0.29, 0.717) is 0 Å². The summed E-state index contributed by atoms with van der Waals surface area (Å²) < 4.78 is 77.0. The van der Waals surface area contributed by atoms with Gasteiger partial charge in [-0.25, -0.2) is 23.5 Å². The molecule has 45 heavy (non-hydrogen) atoms. The normalized spacial score (nSPS) is 23.2. The van der Waals surface area contributed by atoms with Crippen molar-refractivity contribution >= 4 is 57.7 Å². The van der Waals surface area contributed by atoms with Crippen molar-refractivity contribution in [3.8, 4) is 0 Å². The van der Waals surface area contributed by atoms with Crippen molar-refractivity contribution < 1.29 is 55.3 Å². The minimum absolute atomic E-state index is 0.0367. The van der Waals surface area contributed by atoms with Crippen molar-refractivity contribution in [2.75, 3.05) is 33.2 Å². The minimum atomic E-state index is -4.92. The number of nitrogens with zero attached hydrogens (tertiary/aromatic N) is 4. The molecule has 0 amide bonds. The Morgan fingerprint density at radius 2 is 1.87 bits per heavy atom. The van der Waals surface area contributed by atoms with E-state index in [2.05, 4.69) is 20.0 Å². The molecule has 1 aliphatic rings. The van der Waals surface area contributed by atoms with Crippen LogP contribution in [0.3, 0.4) is 0 Å². The third-order valence-electron chi connectivity index (χ3n) is 6.24. The van der Waals surface area contributed by atoms with Crippen LogP contribution >= 0.6 is 34.8 Å². The molecule has 1 fully saturated rings. The lowest BCUT2D eigenvalue weighted by Crippen LogP contribution is -2.33. The predicted octanol–water partition coefficient (Wildman–Crippen LogP) is 3.81. The fourth-order valence-corrected chi connectivity index (χ4v) is 9.59. The summed E-state index contributed by atoms with van der Waals surface area (Å²) in [6, 6.07) is 7.68. The van der Waals surface area contributed by atoms with Crippen molar-refractivity contribution in [3.05, 3.63) is 47.5 Å². The molecule has 248 valence electrons. The lowest BCUT2D eigenvalue weighted by molar-refractivity contribution is -0.146. The number of hydrogen-bond acceptors (Lipinski definition) is 16. The second kappa shape index (κ2) is 14.6. The third-order valence-corrected chi connectivity index (χ3v) is 12.3. The van der Waals surface area contributed by atoms with Crippen LogP contribution in [-0.2, 0) is 56.8 Å². The molecule has 0 radical (unpaired) electrons. The van der Waals surface area contributed by atoms with Crippen LogP contribution in [0.2, 0.25) is 5.28 Å². The molecule has 3 heterocycles. The van der Waals surface area contributed by atoms with Crippen LogP contribution in [0.25, 0.3) is 11.2 Å². The molecule has 0 aliphatic carbocycles. The van der Waals surface area contributed by atoms with Crippen molar-refractivity contribution in [3.63, 3.8) is 0 Å². The Morgan fingerprint density at radius 1 is 1.18 bits per heavy atom. The van der Waals surface area contributed by atoms with Crippen molar-refractivity contribution in [2.24, 2.45) is 0 Å². The number of phosphoric acid groups is 2. The summed E-state index contributed by atoms with van der Waals surface area (Å²) in [7, 11) is -12.0. The molecule has 1 aromatic carbocycles. The highest BCUT2D eigenvalue weighted by molar-refractivity contribution is 7.70. The van der Waals surface area contributed by atoms with Gasteiger partial charge >= 0.3 is 21.6 Å². The Bertz CT molecular complexity index is 1650. The number of anilines is 1. The molecule has 4 rings (SSSR count). The maximum Gasteiger partial charge on any atom is 0.490 e. The van der Waals surface area contributed by atoms with Gasteiger partial charge in [-0.2, -0.15) is 14.3 Å². The number of nitrogens with two attached hydrogens (primary N) is 1. The number of carbonyl (C=O) groups excluding carboxylic acids is 1. The van der Waals surface area contributed by atoms with Gasteiger partial charge in [0.2, 0.25) is 5.28 Å². The van der Waals surface area contributed by atoms with Crippen LogP contribution in [0.5, 0.6) is 0 Å². The maximum absolute atomic E-state index is 13.2. The Kier molecular flexibility index (Phi) is 11.6. The summed E-state index contributed by atoms with van der Waals surface area (Å²) in [6.07, 6.45) is -1.61. The average molecular weight is 713 g/mol. The van der Waals surface area contributed by atoms with Crippen LogP contribution in [-0.4, -0.2) is 76.3 Å². The Balaban J connectivity index is 1.35. The number of rotatable bonds is 15. The molecule has 1 saturated heterocycles. The zero-order valence-electron chi connectivity index (χ0n) is 24.4. The molecule has 7 atom stereocenters. The van der Waals surface area contributed by atoms with Crippen molar-refractivity contribution in [1.29, 1.82) is 0 Å². The summed E-state index contributed by atoms with van der Waals surface area (Å²) in [6.45, 7) is 1.72. The van der Waals surface area contributed by atoms with Crippen LogP contribution < -0.4 is 10.8 Å². The van der Waals surface area contributed by atoms with Crippen LogP contribution in [0.15, 0.2) is 36.7 Å². The largest absolute Gasteiger partial charge is 0.490 e. The maximum atomic E-state index is 13.2. The Morgan fingerprint density at radius 3 is 2.53 bits per heavy atom. The van der Waals surface area contributed by atoms with Gasteiger partial charge in [0.25, 0.3) is 7.52 Å². The lowest BCUT2D eigenvalue weighted by atomic mass is 10.2. The number of hydrogen-bond donors (Lipinski definition) is 3. The van der Waals surface area contributed by atoms with Gasteiger partial charge in [0.05, 0.1) is 19.0 Å².